The number of benzene rings is 1. The summed E-state index contributed by atoms with van der Waals surface area (Å²) in [4.78, 5) is 11.5. The predicted octanol–water partition coefficient (Wildman–Crippen LogP) is 1.91. The molecule has 1 fully saturated rings. The van der Waals surface area contributed by atoms with Gasteiger partial charge in [0.1, 0.15) is 5.82 Å². The Bertz CT molecular complexity index is 398. The highest BCUT2D eigenvalue weighted by Gasteiger charge is 2.45. The third-order valence-electron chi connectivity index (χ3n) is 2.36. The van der Waals surface area contributed by atoms with E-state index in [-0.39, 0.29) is 10.9 Å². The van der Waals surface area contributed by atoms with Gasteiger partial charge in [-0.15, -0.1) is 0 Å². The van der Waals surface area contributed by atoms with E-state index < -0.39 is 11.4 Å². The highest BCUT2D eigenvalue weighted by atomic mass is 35.5. The first-order valence-electron chi connectivity index (χ1n) is 4.56. The smallest absolute Gasteiger partial charge is 0.244 e. The quantitative estimate of drug-likeness (QED) is 0.813. The van der Waals surface area contributed by atoms with Crippen molar-refractivity contribution in [2.75, 3.05) is 5.32 Å². The van der Waals surface area contributed by atoms with Crippen LogP contribution in [0.25, 0.3) is 0 Å². The van der Waals surface area contributed by atoms with E-state index in [0.29, 0.717) is 18.5 Å². The highest BCUT2D eigenvalue weighted by Crippen LogP contribution is 2.33. The number of amides is 1. The van der Waals surface area contributed by atoms with Crippen molar-refractivity contribution in [1.29, 1.82) is 0 Å². The summed E-state index contributed by atoms with van der Waals surface area (Å²) in [5.74, 6) is -0.774. The molecule has 3 N–H and O–H groups in total. The largest absolute Gasteiger partial charge is 0.324 e. The minimum Gasteiger partial charge on any atom is -0.324 e. The van der Waals surface area contributed by atoms with Crippen LogP contribution in [-0.2, 0) is 4.79 Å². The minimum atomic E-state index is -0.765. The fourth-order valence-corrected chi connectivity index (χ4v) is 1.47. The molecule has 15 heavy (non-hydrogen) atoms. The lowest BCUT2D eigenvalue weighted by atomic mass is 10.2. The number of nitrogens with one attached hydrogen (secondary N) is 1. The van der Waals surface area contributed by atoms with Crippen LogP contribution in [0.4, 0.5) is 10.1 Å². The lowest BCUT2D eigenvalue weighted by molar-refractivity contribution is -0.118. The molecule has 0 unspecified atom stereocenters. The van der Waals surface area contributed by atoms with Crippen LogP contribution in [0, 0.1) is 5.82 Å². The van der Waals surface area contributed by atoms with Gasteiger partial charge in [0, 0.05) is 10.7 Å². The Morgan fingerprint density at radius 3 is 2.67 bits per heavy atom. The molecule has 0 bridgehead atoms. The minimum absolute atomic E-state index is 0.243. The molecule has 2 rings (SSSR count). The third kappa shape index (κ3) is 2.27. The fourth-order valence-electron chi connectivity index (χ4n) is 1.24. The van der Waals surface area contributed by atoms with E-state index in [0.717, 1.165) is 0 Å². The molecule has 0 heterocycles. The van der Waals surface area contributed by atoms with E-state index >= 15 is 0 Å². The van der Waals surface area contributed by atoms with Gasteiger partial charge in [0.05, 0.1) is 5.54 Å². The zero-order valence-corrected chi connectivity index (χ0v) is 8.64. The zero-order chi connectivity index (χ0) is 11.1. The molecular weight excluding hydrogens is 219 g/mol. The van der Waals surface area contributed by atoms with E-state index in [1.807, 2.05) is 0 Å². The van der Waals surface area contributed by atoms with Crippen LogP contribution >= 0.6 is 11.6 Å². The van der Waals surface area contributed by atoms with Crippen molar-refractivity contribution in [3.63, 3.8) is 0 Å². The average molecular weight is 229 g/mol. The van der Waals surface area contributed by atoms with Crippen molar-refractivity contribution in [3.05, 3.63) is 29.0 Å². The van der Waals surface area contributed by atoms with Crippen molar-refractivity contribution >= 4 is 23.2 Å². The Labute approximate surface area is 91.4 Å². The van der Waals surface area contributed by atoms with Crippen LogP contribution in [0.15, 0.2) is 18.2 Å². The van der Waals surface area contributed by atoms with Gasteiger partial charge >= 0.3 is 0 Å². The summed E-state index contributed by atoms with van der Waals surface area (Å²) in [6, 6.07) is 3.86. The molecule has 0 aromatic heterocycles. The molecule has 0 saturated heterocycles. The Morgan fingerprint density at radius 1 is 1.47 bits per heavy atom. The Hall–Kier alpha value is -1.13. The molecule has 1 saturated carbocycles. The van der Waals surface area contributed by atoms with Crippen LogP contribution in [0.5, 0.6) is 0 Å². The van der Waals surface area contributed by atoms with E-state index in [9.17, 15) is 9.18 Å². The second-order valence-electron chi connectivity index (χ2n) is 3.77. The highest BCUT2D eigenvalue weighted by molar-refractivity contribution is 6.30. The molecule has 1 aliphatic carbocycles. The molecule has 5 heteroatoms. The second kappa shape index (κ2) is 3.47. The normalized spacial score (nSPS) is 17.3. The molecule has 0 spiro atoms. The standard InChI is InChI=1S/C10H10ClFN2O/c11-6-3-7(12)5-8(4-6)14-9(15)10(13)1-2-10/h3-5H,1-2,13H2,(H,14,15). The number of carbonyl (C=O) groups excluding carboxylic acids is 1. The zero-order valence-electron chi connectivity index (χ0n) is 7.89. The van der Waals surface area contributed by atoms with Gasteiger partial charge in [0.25, 0.3) is 0 Å². The average Bonchev–Trinajstić information content (AvgIpc) is 2.83. The van der Waals surface area contributed by atoms with Gasteiger partial charge in [-0.25, -0.2) is 4.39 Å². The van der Waals surface area contributed by atoms with Gasteiger partial charge in [-0.2, -0.15) is 0 Å². The number of rotatable bonds is 2. The summed E-state index contributed by atoms with van der Waals surface area (Å²) in [5.41, 5.74) is 5.25. The van der Waals surface area contributed by atoms with Crippen LogP contribution in [0.3, 0.4) is 0 Å². The van der Waals surface area contributed by atoms with E-state index in [4.69, 9.17) is 17.3 Å². The predicted molar refractivity (Wildman–Crippen MR) is 56.2 cm³/mol. The molecule has 0 aliphatic heterocycles. The lowest BCUT2D eigenvalue weighted by Crippen LogP contribution is -2.37. The van der Waals surface area contributed by atoms with Crippen LogP contribution in [0.2, 0.25) is 5.02 Å². The SMILES string of the molecule is NC1(C(=O)Nc2cc(F)cc(Cl)c2)CC1. The molecule has 3 nitrogen and oxygen atoms in total. The van der Waals surface area contributed by atoms with Crippen molar-refractivity contribution in [2.24, 2.45) is 5.73 Å². The van der Waals surface area contributed by atoms with E-state index in [1.54, 1.807) is 0 Å². The number of hydrogen-bond donors (Lipinski definition) is 2. The number of anilines is 1. The van der Waals surface area contributed by atoms with Gasteiger partial charge in [-0.3, -0.25) is 4.79 Å². The van der Waals surface area contributed by atoms with Crippen LogP contribution < -0.4 is 11.1 Å². The maximum Gasteiger partial charge on any atom is 0.244 e. The van der Waals surface area contributed by atoms with E-state index in [1.165, 1.54) is 18.2 Å². The Balaban J connectivity index is 2.13. The van der Waals surface area contributed by atoms with Crippen molar-refractivity contribution in [3.8, 4) is 0 Å². The van der Waals surface area contributed by atoms with Crippen molar-refractivity contribution in [1.82, 2.24) is 0 Å². The lowest BCUT2D eigenvalue weighted by Gasteiger charge is -2.10. The summed E-state index contributed by atoms with van der Waals surface area (Å²) in [6.45, 7) is 0. The number of halogens is 2. The van der Waals surface area contributed by atoms with Gasteiger partial charge in [0.15, 0.2) is 0 Å². The van der Waals surface area contributed by atoms with Crippen molar-refractivity contribution < 1.29 is 9.18 Å². The number of nitrogens with two attached hydrogens (primary N) is 1. The Morgan fingerprint density at radius 2 is 2.13 bits per heavy atom. The first-order chi connectivity index (χ1) is 6.99. The molecular formula is C10H10ClFN2O. The molecule has 1 amide bonds. The molecule has 1 aromatic carbocycles. The number of hydrogen-bond acceptors (Lipinski definition) is 2. The third-order valence-corrected chi connectivity index (χ3v) is 2.58. The monoisotopic (exact) mass is 228 g/mol. The summed E-state index contributed by atoms with van der Waals surface area (Å²) in [5, 5.41) is 2.78. The molecule has 1 aromatic rings. The number of carbonyl (C=O) groups is 1. The van der Waals surface area contributed by atoms with Gasteiger partial charge in [0.2, 0.25) is 5.91 Å². The van der Waals surface area contributed by atoms with Gasteiger partial charge in [-0.1, -0.05) is 11.6 Å². The van der Waals surface area contributed by atoms with Gasteiger partial charge < -0.3 is 11.1 Å². The maximum absolute atomic E-state index is 12.9. The second-order valence-corrected chi connectivity index (χ2v) is 4.20. The summed E-state index contributed by atoms with van der Waals surface area (Å²) < 4.78 is 12.9. The summed E-state index contributed by atoms with van der Waals surface area (Å²) in [6.07, 6.45) is 1.34. The molecule has 0 radical (unpaired) electrons. The summed E-state index contributed by atoms with van der Waals surface area (Å²) in [7, 11) is 0. The summed E-state index contributed by atoms with van der Waals surface area (Å²) >= 11 is 5.64. The fraction of sp³-hybridized carbons (Fsp3) is 0.300. The maximum atomic E-state index is 12.9. The van der Waals surface area contributed by atoms with Crippen LogP contribution in [0.1, 0.15) is 12.8 Å². The van der Waals surface area contributed by atoms with Crippen molar-refractivity contribution in [2.45, 2.75) is 18.4 Å². The molecule has 1 aliphatic rings. The van der Waals surface area contributed by atoms with Crippen LogP contribution in [-0.4, -0.2) is 11.4 Å². The molecule has 0 atom stereocenters. The topological polar surface area (TPSA) is 55.1 Å². The van der Waals surface area contributed by atoms with E-state index in [2.05, 4.69) is 5.32 Å². The Kier molecular flexibility index (Phi) is 2.40. The molecule has 80 valence electrons. The van der Waals surface area contributed by atoms with Gasteiger partial charge in [-0.05, 0) is 31.0 Å². The first-order valence-corrected chi connectivity index (χ1v) is 4.94. The first kappa shape index (κ1) is 10.4.